The van der Waals surface area contributed by atoms with Crippen LogP contribution in [0.15, 0.2) is 24.3 Å². The molecule has 1 N–H and O–H groups in total. The largest absolute Gasteiger partial charge is 0.309 e. The van der Waals surface area contributed by atoms with Crippen LogP contribution in [0.25, 0.3) is 0 Å². The summed E-state index contributed by atoms with van der Waals surface area (Å²) >= 11 is 0. The molecule has 3 fully saturated rings. The Labute approximate surface area is 126 Å². The van der Waals surface area contributed by atoms with Crippen LogP contribution < -0.4 is 5.32 Å². The Bertz CT molecular complexity index is 478. The first kappa shape index (κ1) is 13.7. The van der Waals surface area contributed by atoms with Crippen molar-refractivity contribution >= 4 is 0 Å². The summed E-state index contributed by atoms with van der Waals surface area (Å²) in [6.07, 6.45) is 6.80. The summed E-state index contributed by atoms with van der Waals surface area (Å²) in [5.41, 5.74) is 1.26. The van der Waals surface area contributed by atoms with Crippen LogP contribution in [0, 0.1) is 17.7 Å². The maximum atomic E-state index is 13.1. The van der Waals surface area contributed by atoms with Gasteiger partial charge in [0.05, 0.1) is 0 Å². The Hall–Kier alpha value is -0.930. The normalized spacial score (nSPS) is 28.0. The Morgan fingerprint density at radius 1 is 1.10 bits per heavy atom. The van der Waals surface area contributed by atoms with Crippen LogP contribution in [-0.2, 0) is 0 Å². The van der Waals surface area contributed by atoms with E-state index in [9.17, 15) is 4.39 Å². The molecule has 2 unspecified atom stereocenters. The molecular formula is C18H25FN2. The van der Waals surface area contributed by atoms with Crippen molar-refractivity contribution in [2.45, 2.75) is 44.2 Å². The van der Waals surface area contributed by atoms with E-state index in [-0.39, 0.29) is 5.82 Å². The van der Waals surface area contributed by atoms with E-state index in [1.165, 1.54) is 50.8 Å². The lowest BCUT2D eigenvalue weighted by Crippen LogP contribution is -2.31. The summed E-state index contributed by atoms with van der Waals surface area (Å²) in [4.78, 5) is 2.68. The molecule has 0 radical (unpaired) electrons. The smallest absolute Gasteiger partial charge is 0.123 e. The monoisotopic (exact) mass is 288 g/mol. The molecule has 1 aliphatic heterocycles. The number of halogens is 1. The minimum absolute atomic E-state index is 0.135. The minimum Gasteiger partial charge on any atom is -0.309 e. The number of nitrogens with zero attached hydrogens (tertiary/aromatic N) is 1. The maximum Gasteiger partial charge on any atom is 0.123 e. The fourth-order valence-corrected chi connectivity index (χ4v) is 3.75. The van der Waals surface area contributed by atoms with Gasteiger partial charge in [-0.05, 0) is 74.7 Å². The average Bonchev–Trinajstić information content (AvgIpc) is 3.41. The molecule has 0 aromatic heterocycles. The Balaban J connectivity index is 1.34. The van der Waals surface area contributed by atoms with E-state index in [1.54, 1.807) is 12.1 Å². The maximum absolute atomic E-state index is 13.1. The zero-order valence-electron chi connectivity index (χ0n) is 12.6. The van der Waals surface area contributed by atoms with Crippen LogP contribution in [0.1, 0.15) is 43.7 Å². The molecule has 0 spiro atoms. The van der Waals surface area contributed by atoms with Gasteiger partial charge in [-0.15, -0.1) is 0 Å². The van der Waals surface area contributed by atoms with E-state index in [4.69, 9.17) is 0 Å². The molecule has 1 aromatic carbocycles. The van der Waals surface area contributed by atoms with E-state index in [1.807, 2.05) is 12.1 Å². The molecule has 2 nitrogen and oxygen atoms in total. The molecule has 2 atom stereocenters. The quantitative estimate of drug-likeness (QED) is 0.863. The summed E-state index contributed by atoms with van der Waals surface area (Å²) in [5, 5.41) is 3.79. The molecule has 114 valence electrons. The van der Waals surface area contributed by atoms with Gasteiger partial charge in [-0.25, -0.2) is 4.39 Å². The highest BCUT2D eigenvalue weighted by Gasteiger charge is 2.36. The number of likely N-dealkylation sites (tertiary alicyclic amines) is 1. The number of nitrogens with one attached hydrogen (secondary N) is 1. The van der Waals surface area contributed by atoms with E-state index in [0.717, 1.165) is 24.4 Å². The molecule has 2 aliphatic carbocycles. The second-order valence-electron chi connectivity index (χ2n) is 7.16. The highest BCUT2D eigenvalue weighted by molar-refractivity contribution is 5.22. The van der Waals surface area contributed by atoms with Crippen LogP contribution in [0.4, 0.5) is 4.39 Å². The van der Waals surface area contributed by atoms with E-state index >= 15 is 0 Å². The zero-order valence-corrected chi connectivity index (χ0v) is 12.6. The predicted molar refractivity (Wildman–Crippen MR) is 82.6 cm³/mol. The van der Waals surface area contributed by atoms with Crippen molar-refractivity contribution < 1.29 is 4.39 Å². The third-order valence-corrected chi connectivity index (χ3v) is 5.33. The number of rotatable bonds is 6. The first-order chi connectivity index (χ1) is 10.3. The van der Waals surface area contributed by atoms with Gasteiger partial charge in [0.1, 0.15) is 5.82 Å². The fourth-order valence-electron chi connectivity index (χ4n) is 3.75. The first-order valence-corrected chi connectivity index (χ1v) is 8.52. The van der Waals surface area contributed by atoms with Crippen LogP contribution in [0.3, 0.4) is 0 Å². The summed E-state index contributed by atoms with van der Waals surface area (Å²) in [7, 11) is 0. The number of hydrogen-bond donors (Lipinski definition) is 1. The molecular weight excluding hydrogens is 263 g/mol. The van der Waals surface area contributed by atoms with Crippen LogP contribution in [-0.4, -0.2) is 30.6 Å². The third kappa shape index (κ3) is 3.29. The van der Waals surface area contributed by atoms with Gasteiger partial charge in [-0.3, -0.25) is 0 Å². The third-order valence-electron chi connectivity index (χ3n) is 5.33. The Morgan fingerprint density at radius 2 is 1.86 bits per heavy atom. The van der Waals surface area contributed by atoms with E-state index in [0.29, 0.717) is 6.04 Å². The number of benzene rings is 1. The lowest BCUT2D eigenvalue weighted by Gasteiger charge is -2.22. The molecule has 3 aliphatic rings. The van der Waals surface area contributed by atoms with Gasteiger partial charge in [0.15, 0.2) is 0 Å². The zero-order chi connectivity index (χ0) is 14.2. The van der Waals surface area contributed by atoms with Crippen molar-refractivity contribution in [2.75, 3.05) is 19.6 Å². The second-order valence-corrected chi connectivity index (χ2v) is 7.16. The summed E-state index contributed by atoms with van der Waals surface area (Å²) in [6, 6.07) is 8.44. The van der Waals surface area contributed by atoms with Crippen molar-refractivity contribution in [1.29, 1.82) is 0 Å². The van der Waals surface area contributed by atoms with Crippen LogP contribution >= 0.6 is 0 Å². The van der Waals surface area contributed by atoms with Gasteiger partial charge in [0.2, 0.25) is 0 Å². The van der Waals surface area contributed by atoms with E-state index in [2.05, 4.69) is 10.2 Å². The minimum atomic E-state index is -0.135. The van der Waals surface area contributed by atoms with Crippen molar-refractivity contribution in [3.63, 3.8) is 0 Å². The highest BCUT2D eigenvalue weighted by Crippen LogP contribution is 2.41. The standard InChI is InChI=1S/C18H25FN2/c19-16-5-3-15(4-6-16)18(14-1-2-14)20-11-13-9-10-21(12-13)17-7-8-17/h3-6,13-14,17-18,20H,1-2,7-12H2. The molecule has 1 heterocycles. The molecule has 2 saturated carbocycles. The summed E-state index contributed by atoms with van der Waals surface area (Å²) in [6.45, 7) is 3.68. The van der Waals surface area contributed by atoms with Gasteiger partial charge in [0.25, 0.3) is 0 Å². The lowest BCUT2D eigenvalue weighted by molar-refractivity contribution is 0.307. The highest BCUT2D eigenvalue weighted by atomic mass is 19.1. The summed E-state index contributed by atoms with van der Waals surface area (Å²) in [5.74, 6) is 1.42. The van der Waals surface area contributed by atoms with Crippen molar-refractivity contribution in [3.8, 4) is 0 Å². The van der Waals surface area contributed by atoms with E-state index < -0.39 is 0 Å². The summed E-state index contributed by atoms with van der Waals surface area (Å²) < 4.78 is 13.1. The number of hydrogen-bond acceptors (Lipinski definition) is 2. The molecule has 21 heavy (non-hydrogen) atoms. The van der Waals surface area contributed by atoms with Crippen LogP contribution in [0.2, 0.25) is 0 Å². The predicted octanol–water partition coefficient (Wildman–Crippen LogP) is 3.35. The van der Waals surface area contributed by atoms with Gasteiger partial charge < -0.3 is 10.2 Å². The average molecular weight is 288 g/mol. The van der Waals surface area contributed by atoms with Crippen LogP contribution in [0.5, 0.6) is 0 Å². The Kier molecular flexibility index (Phi) is 3.72. The van der Waals surface area contributed by atoms with Crippen molar-refractivity contribution in [2.24, 2.45) is 11.8 Å². The van der Waals surface area contributed by atoms with Gasteiger partial charge in [-0.2, -0.15) is 0 Å². The molecule has 0 amide bonds. The Morgan fingerprint density at radius 3 is 2.52 bits per heavy atom. The molecule has 4 rings (SSSR count). The lowest BCUT2D eigenvalue weighted by atomic mass is 10.0. The van der Waals surface area contributed by atoms with Crippen molar-refractivity contribution in [3.05, 3.63) is 35.6 Å². The van der Waals surface area contributed by atoms with Crippen molar-refractivity contribution in [1.82, 2.24) is 10.2 Å². The van der Waals surface area contributed by atoms with Gasteiger partial charge in [0, 0.05) is 18.6 Å². The molecule has 1 aromatic rings. The SMILES string of the molecule is Fc1ccc(C(NCC2CCN(C3CC3)C2)C2CC2)cc1. The topological polar surface area (TPSA) is 15.3 Å². The second kappa shape index (κ2) is 5.69. The first-order valence-electron chi connectivity index (χ1n) is 8.52. The molecule has 1 saturated heterocycles. The molecule has 3 heteroatoms. The van der Waals surface area contributed by atoms with Gasteiger partial charge in [-0.1, -0.05) is 12.1 Å². The molecule has 0 bridgehead atoms. The fraction of sp³-hybridized carbons (Fsp3) is 0.667. The van der Waals surface area contributed by atoms with Gasteiger partial charge >= 0.3 is 0 Å².